The number of furan rings is 1. The minimum absolute atomic E-state index is 0.866. The van der Waals surface area contributed by atoms with Crippen molar-refractivity contribution in [2.75, 3.05) is 13.1 Å². The molecule has 0 radical (unpaired) electrons. The predicted octanol–water partition coefficient (Wildman–Crippen LogP) is 3.66. The van der Waals surface area contributed by atoms with Crippen LogP contribution < -0.4 is 0 Å². The molecule has 0 aliphatic carbocycles. The number of nitrogens with one attached hydrogen (secondary N) is 1. The fraction of sp³-hybridized carbons (Fsp3) is 0.312. The van der Waals surface area contributed by atoms with E-state index < -0.39 is 0 Å². The van der Waals surface area contributed by atoms with Crippen LogP contribution in [-0.4, -0.2) is 28.0 Å². The first kappa shape index (κ1) is 12.9. The van der Waals surface area contributed by atoms with Crippen LogP contribution in [0, 0.1) is 0 Å². The van der Waals surface area contributed by atoms with E-state index in [4.69, 9.17) is 4.42 Å². The minimum Gasteiger partial charge on any atom is -0.463 e. The average Bonchev–Trinajstić information content (AvgIpc) is 3.12. The number of aromatic nitrogens is 2. The van der Waals surface area contributed by atoms with Crippen molar-refractivity contribution in [1.29, 1.82) is 0 Å². The molecule has 0 aliphatic rings. The van der Waals surface area contributed by atoms with Gasteiger partial charge in [-0.15, -0.1) is 0 Å². The third kappa shape index (κ3) is 2.23. The Bertz CT molecular complexity index is 681. The summed E-state index contributed by atoms with van der Waals surface area (Å²) in [5, 5.41) is 1.17. The van der Waals surface area contributed by atoms with Gasteiger partial charge in [0.25, 0.3) is 0 Å². The van der Waals surface area contributed by atoms with Crippen LogP contribution in [0.15, 0.2) is 41.1 Å². The summed E-state index contributed by atoms with van der Waals surface area (Å²) in [4.78, 5) is 10.2. The van der Waals surface area contributed by atoms with Crippen LogP contribution in [-0.2, 0) is 6.54 Å². The molecule has 4 nitrogen and oxygen atoms in total. The molecule has 0 fully saturated rings. The van der Waals surface area contributed by atoms with Crippen molar-refractivity contribution in [1.82, 2.24) is 14.9 Å². The van der Waals surface area contributed by atoms with Gasteiger partial charge in [0.1, 0.15) is 11.4 Å². The van der Waals surface area contributed by atoms with Crippen LogP contribution in [0.2, 0.25) is 0 Å². The number of nitrogens with zero attached hydrogens (tertiary/aromatic N) is 2. The molecule has 0 spiro atoms. The van der Waals surface area contributed by atoms with Crippen molar-refractivity contribution in [3.63, 3.8) is 0 Å². The highest BCUT2D eigenvalue weighted by atomic mass is 16.3. The largest absolute Gasteiger partial charge is 0.463 e. The van der Waals surface area contributed by atoms with Crippen LogP contribution in [0.5, 0.6) is 0 Å². The fourth-order valence-electron chi connectivity index (χ4n) is 2.54. The molecular formula is C16H19N3O. The van der Waals surface area contributed by atoms with E-state index in [2.05, 4.69) is 34.8 Å². The maximum atomic E-state index is 5.56. The molecule has 0 amide bonds. The average molecular weight is 269 g/mol. The molecule has 0 bridgehead atoms. The van der Waals surface area contributed by atoms with Crippen LogP contribution in [0.4, 0.5) is 0 Å². The molecule has 3 heterocycles. The maximum absolute atomic E-state index is 5.56. The maximum Gasteiger partial charge on any atom is 0.150 e. The molecule has 0 unspecified atom stereocenters. The fourth-order valence-corrected chi connectivity index (χ4v) is 2.54. The van der Waals surface area contributed by atoms with Crippen molar-refractivity contribution in [3.05, 3.63) is 42.3 Å². The van der Waals surface area contributed by atoms with Crippen molar-refractivity contribution in [2.45, 2.75) is 20.4 Å². The van der Waals surface area contributed by atoms with Gasteiger partial charge in [0, 0.05) is 23.7 Å². The molecule has 0 aliphatic heterocycles. The molecule has 0 saturated carbocycles. The molecule has 3 rings (SSSR count). The predicted molar refractivity (Wildman–Crippen MR) is 80.4 cm³/mol. The van der Waals surface area contributed by atoms with Gasteiger partial charge in [-0.25, -0.2) is 4.98 Å². The molecule has 0 aromatic carbocycles. The molecule has 0 saturated heterocycles. The zero-order chi connectivity index (χ0) is 13.9. The van der Waals surface area contributed by atoms with Crippen molar-refractivity contribution in [3.8, 4) is 11.5 Å². The highest BCUT2D eigenvalue weighted by Crippen LogP contribution is 2.30. The molecule has 104 valence electrons. The third-order valence-corrected chi connectivity index (χ3v) is 3.72. The normalized spacial score (nSPS) is 11.6. The van der Waals surface area contributed by atoms with Crippen molar-refractivity contribution >= 4 is 11.0 Å². The van der Waals surface area contributed by atoms with Crippen molar-refractivity contribution < 1.29 is 4.42 Å². The Balaban J connectivity index is 2.13. The lowest BCUT2D eigenvalue weighted by Crippen LogP contribution is -2.22. The van der Waals surface area contributed by atoms with E-state index in [0.717, 1.165) is 36.7 Å². The van der Waals surface area contributed by atoms with E-state index in [1.165, 1.54) is 10.9 Å². The molecule has 4 heteroatoms. The first-order chi connectivity index (χ1) is 9.83. The quantitative estimate of drug-likeness (QED) is 0.768. The van der Waals surface area contributed by atoms with Crippen LogP contribution in [0.3, 0.4) is 0 Å². The van der Waals surface area contributed by atoms with Gasteiger partial charge in [-0.3, -0.25) is 4.90 Å². The monoisotopic (exact) mass is 269 g/mol. The van der Waals surface area contributed by atoms with Crippen LogP contribution in [0.25, 0.3) is 22.5 Å². The van der Waals surface area contributed by atoms with Gasteiger partial charge < -0.3 is 9.40 Å². The lowest BCUT2D eigenvalue weighted by Gasteiger charge is -2.18. The van der Waals surface area contributed by atoms with Gasteiger partial charge in [0.2, 0.25) is 0 Å². The number of rotatable bonds is 5. The number of pyridine rings is 1. The zero-order valence-electron chi connectivity index (χ0n) is 11.9. The molecule has 3 aromatic heterocycles. The van der Waals surface area contributed by atoms with Gasteiger partial charge in [0.05, 0.1) is 12.0 Å². The number of fused-ring (bicyclic) bond motifs is 1. The van der Waals surface area contributed by atoms with E-state index in [1.807, 2.05) is 24.4 Å². The number of hydrogen-bond donors (Lipinski definition) is 1. The van der Waals surface area contributed by atoms with Gasteiger partial charge in [0.15, 0.2) is 0 Å². The Kier molecular flexibility index (Phi) is 3.56. The standard InChI is InChI=1S/C16H19N3O/c1-3-19(4-2)11-13-12-7-5-9-17-16(12)18-15(13)14-8-6-10-20-14/h5-10H,3-4,11H2,1-2H3,(H,17,18). The summed E-state index contributed by atoms with van der Waals surface area (Å²) in [5.74, 6) is 0.866. The second-order valence-corrected chi connectivity index (χ2v) is 4.82. The summed E-state index contributed by atoms with van der Waals surface area (Å²) in [7, 11) is 0. The van der Waals surface area contributed by atoms with Gasteiger partial charge in [-0.2, -0.15) is 0 Å². The Labute approximate surface area is 118 Å². The summed E-state index contributed by atoms with van der Waals surface area (Å²) in [6.07, 6.45) is 3.52. The Morgan fingerprint density at radius 3 is 2.75 bits per heavy atom. The van der Waals surface area contributed by atoms with E-state index in [-0.39, 0.29) is 0 Å². The first-order valence-corrected chi connectivity index (χ1v) is 7.05. The van der Waals surface area contributed by atoms with E-state index in [1.54, 1.807) is 6.26 Å². The summed E-state index contributed by atoms with van der Waals surface area (Å²) in [5.41, 5.74) is 3.21. The van der Waals surface area contributed by atoms with E-state index >= 15 is 0 Å². The van der Waals surface area contributed by atoms with Crippen LogP contribution >= 0.6 is 0 Å². The molecule has 1 N–H and O–H groups in total. The zero-order valence-corrected chi connectivity index (χ0v) is 11.9. The lowest BCUT2D eigenvalue weighted by atomic mass is 10.1. The number of aromatic amines is 1. The summed E-state index contributed by atoms with van der Waals surface area (Å²) in [6, 6.07) is 7.99. The van der Waals surface area contributed by atoms with Crippen LogP contribution in [0.1, 0.15) is 19.4 Å². The second-order valence-electron chi connectivity index (χ2n) is 4.82. The summed E-state index contributed by atoms with van der Waals surface area (Å²) >= 11 is 0. The Morgan fingerprint density at radius 1 is 1.20 bits per heavy atom. The van der Waals surface area contributed by atoms with Crippen molar-refractivity contribution in [2.24, 2.45) is 0 Å². The lowest BCUT2D eigenvalue weighted by molar-refractivity contribution is 0.297. The first-order valence-electron chi connectivity index (χ1n) is 7.05. The minimum atomic E-state index is 0.866. The van der Waals surface area contributed by atoms with Gasteiger partial charge >= 0.3 is 0 Å². The third-order valence-electron chi connectivity index (χ3n) is 3.72. The number of hydrogen-bond acceptors (Lipinski definition) is 3. The SMILES string of the molecule is CCN(CC)Cc1c(-c2ccco2)[nH]c2ncccc12. The van der Waals surface area contributed by atoms with Gasteiger partial charge in [-0.1, -0.05) is 13.8 Å². The number of H-pyrrole nitrogens is 1. The molecule has 0 atom stereocenters. The summed E-state index contributed by atoms with van der Waals surface area (Å²) < 4.78 is 5.56. The molecule has 20 heavy (non-hydrogen) atoms. The highest BCUT2D eigenvalue weighted by Gasteiger charge is 2.17. The highest BCUT2D eigenvalue weighted by molar-refractivity contribution is 5.87. The smallest absolute Gasteiger partial charge is 0.150 e. The topological polar surface area (TPSA) is 45.1 Å². The molecule has 3 aromatic rings. The second kappa shape index (κ2) is 5.51. The molecular weight excluding hydrogens is 250 g/mol. The van der Waals surface area contributed by atoms with Gasteiger partial charge in [-0.05, 0) is 37.4 Å². The van der Waals surface area contributed by atoms with E-state index in [0.29, 0.717) is 0 Å². The van der Waals surface area contributed by atoms with E-state index in [9.17, 15) is 0 Å². The Morgan fingerprint density at radius 2 is 2.05 bits per heavy atom. The Hall–Kier alpha value is -2.07. The summed E-state index contributed by atoms with van der Waals surface area (Å²) in [6.45, 7) is 7.32.